The van der Waals surface area contributed by atoms with E-state index in [1.54, 1.807) is 24.3 Å². The summed E-state index contributed by atoms with van der Waals surface area (Å²) in [7, 11) is 0. The summed E-state index contributed by atoms with van der Waals surface area (Å²) in [5.41, 5.74) is 1.04. The topological polar surface area (TPSA) is 85.7 Å². The second kappa shape index (κ2) is 5.75. The van der Waals surface area contributed by atoms with Crippen LogP contribution in [0.1, 0.15) is 47.1 Å². The molecule has 0 saturated carbocycles. The lowest BCUT2D eigenvalue weighted by Gasteiger charge is -2.34. The molecule has 0 radical (unpaired) electrons. The summed E-state index contributed by atoms with van der Waals surface area (Å²) in [5.74, 6) is 0.660. The highest BCUT2D eigenvalue weighted by Gasteiger charge is 2.30. The van der Waals surface area contributed by atoms with Crippen molar-refractivity contribution in [2.45, 2.75) is 25.3 Å². The van der Waals surface area contributed by atoms with Crippen LogP contribution in [0.15, 0.2) is 30.6 Å². The van der Waals surface area contributed by atoms with Crippen molar-refractivity contribution in [1.29, 1.82) is 5.26 Å². The maximum absolute atomic E-state index is 12.7. The van der Waals surface area contributed by atoms with E-state index in [4.69, 9.17) is 5.26 Å². The van der Waals surface area contributed by atoms with Crippen LogP contribution >= 0.6 is 0 Å². The van der Waals surface area contributed by atoms with Gasteiger partial charge >= 0.3 is 0 Å². The minimum atomic E-state index is -0.0699. The van der Waals surface area contributed by atoms with Gasteiger partial charge in [-0.25, -0.2) is 4.98 Å². The van der Waals surface area contributed by atoms with Crippen LogP contribution in [0, 0.1) is 11.3 Å². The molecule has 1 N–H and O–H groups in total. The molecule has 1 aliphatic heterocycles. The highest BCUT2D eigenvalue weighted by atomic mass is 16.2. The van der Waals surface area contributed by atoms with Crippen molar-refractivity contribution < 1.29 is 4.79 Å². The molecule has 0 aliphatic carbocycles. The SMILES string of the molecule is N#Cc1cccc(C(=O)N2CCCC[C@H]2c2ncn[nH]2)c1. The number of hydrogen-bond acceptors (Lipinski definition) is 4. The summed E-state index contributed by atoms with van der Waals surface area (Å²) in [6.07, 6.45) is 4.38. The van der Waals surface area contributed by atoms with Crippen molar-refractivity contribution in [2.75, 3.05) is 6.54 Å². The molecule has 21 heavy (non-hydrogen) atoms. The molecule has 2 aromatic rings. The van der Waals surface area contributed by atoms with E-state index in [1.165, 1.54) is 6.33 Å². The van der Waals surface area contributed by atoms with E-state index in [2.05, 4.69) is 21.3 Å². The predicted molar refractivity (Wildman–Crippen MR) is 75.2 cm³/mol. The fraction of sp³-hybridized carbons (Fsp3) is 0.333. The van der Waals surface area contributed by atoms with Gasteiger partial charge in [0.2, 0.25) is 0 Å². The number of carbonyl (C=O) groups excluding carboxylic acids is 1. The molecule has 1 saturated heterocycles. The summed E-state index contributed by atoms with van der Waals surface area (Å²) in [4.78, 5) is 18.7. The van der Waals surface area contributed by atoms with Gasteiger partial charge in [0.1, 0.15) is 12.2 Å². The van der Waals surface area contributed by atoms with Gasteiger partial charge < -0.3 is 4.90 Å². The molecule has 1 fully saturated rings. The van der Waals surface area contributed by atoms with E-state index in [-0.39, 0.29) is 11.9 Å². The van der Waals surface area contributed by atoms with E-state index >= 15 is 0 Å². The van der Waals surface area contributed by atoms with Gasteiger partial charge in [0, 0.05) is 12.1 Å². The minimum Gasteiger partial charge on any atom is -0.328 e. The minimum absolute atomic E-state index is 0.0619. The first-order chi connectivity index (χ1) is 10.3. The molecule has 1 aromatic carbocycles. The van der Waals surface area contributed by atoms with Crippen LogP contribution in [-0.4, -0.2) is 32.5 Å². The second-order valence-corrected chi connectivity index (χ2v) is 5.07. The predicted octanol–water partition coefficient (Wildman–Crippen LogP) is 2.04. The molecule has 1 aliphatic rings. The van der Waals surface area contributed by atoms with Crippen LogP contribution in [0.5, 0.6) is 0 Å². The van der Waals surface area contributed by atoms with Gasteiger partial charge in [-0.15, -0.1) is 0 Å². The van der Waals surface area contributed by atoms with Gasteiger partial charge in [-0.2, -0.15) is 10.4 Å². The maximum Gasteiger partial charge on any atom is 0.254 e. The maximum atomic E-state index is 12.7. The lowest BCUT2D eigenvalue weighted by molar-refractivity contribution is 0.0600. The molecule has 1 amide bonds. The van der Waals surface area contributed by atoms with Crippen LogP contribution in [0.4, 0.5) is 0 Å². The molecule has 0 unspecified atom stereocenters. The first-order valence-electron chi connectivity index (χ1n) is 6.96. The summed E-state index contributed by atoms with van der Waals surface area (Å²) < 4.78 is 0. The van der Waals surface area contributed by atoms with Gasteiger partial charge in [-0.1, -0.05) is 6.07 Å². The Labute approximate surface area is 122 Å². The monoisotopic (exact) mass is 281 g/mol. The van der Waals surface area contributed by atoms with E-state index in [0.717, 1.165) is 25.1 Å². The van der Waals surface area contributed by atoms with Gasteiger partial charge in [-0.05, 0) is 37.5 Å². The van der Waals surface area contributed by atoms with Gasteiger partial charge in [0.15, 0.2) is 0 Å². The summed E-state index contributed by atoms with van der Waals surface area (Å²) in [6, 6.07) is 8.80. The standard InChI is InChI=1S/C15H15N5O/c16-9-11-4-3-5-12(8-11)15(21)20-7-2-1-6-13(20)14-17-10-18-19-14/h3-5,8,10,13H,1-2,6-7H2,(H,17,18,19)/t13-/m0/s1. The molecule has 6 heteroatoms. The number of amides is 1. The third-order valence-corrected chi connectivity index (χ3v) is 3.75. The van der Waals surface area contributed by atoms with Crippen LogP contribution in [0.2, 0.25) is 0 Å². The number of hydrogen-bond donors (Lipinski definition) is 1. The van der Waals surface area contributed by atoms with E-state index in [1.807, 2.05) is 4.90 Å². The number of rotatable bonds is 2. The highest BCUT2D eigenvalue weighted by Crippen LogP contribution is 2.29. The number of nitrogens with zero attached hydrogens (tertiary/aromatic N) is 4. The molecule has 6 nitrogen and oxygen atoms in total. The number of aromatic nitrogens is 3. The molecule has 0 bridgehead atoms. The van der Waals surface area contributed by atoms with Crippen molar-refractivity contribution in [3.8, 4) is 6.07 Å². The number of nitriles is 1. The third-order valence-electron chi connectivity index (χ3n) is 3.75. The van der Waals surface area contributed by atoms with Crippen molar-refractivity contribution in [3.63, 3.8) is 0 Å². The Balaban J connectivity index is 1.89. The molecule has 2 heterocycles. The molecule has 3 rings (SSSR count). The number of aromatic amines is 1. The average molecular weight is 281 g/mol. The van der Waals surface area contributed by atoms with Gasteiger partial charge in [0.25, 0.3) is 5.91 Å². The van der Waals surface area contributed by atoms with Crippen molar-refractivity contribution in [2.24, 2.45) is 0 Å². The fourth-order valence-electron chi connectivity index (χ4n) is 2.72. The van der Waals surface area contributed by atoms with E-state index < -0.39 is 0 Å². The second-order valence-electron chi connectivity index (χ2n) is 5.07. The highest BCUT2D eigenvalue weighted by molar-refractivity contribution is 5.94. The summed E-state index contributed by atoms with van der Waals surface area (Å²) in [5, 5.41) is 15.7. The van der Waals surface area contributed by atoms with Crippen molar-refractivity contribution in [3.05, 3.63) is 47.5 Å². The Hall–Kier alpha value is -2.68. The molecular formula is C15H15N5O. The van der Waals surface area contributed by atoms with Crippen LogP contribution in [-0.2, 0) is 0 Å². The quantitative estimate of drug-likeness (QED) is 0.912. The Morgan fingerprint density at radius 1 is 1.43 bits per heavy atom. The number of likely N-dealkylation sites (tertiary alicyclic amines) is 1. The normalized spacial score (nSPS) is 18.2. The lowest BCUT2D eigenvalue weighted by atomic mass is 10.00. The Bertz CT molecular complexity index is 674. The Morgan fingerprint density at radius 3 is 3.10 bits per heavy atom. The number of benzene rings is 1. The molecule has 1 aromatic heterocycles. The van der Waals surface area contributed by atoms with E-state index in [0.29, 0.717) is 17.7 Å². The average Bonchev–Trinajstić information content (AvgIpc) is 3.08. The molecule has 1 atom stereocenters. The summed E-state index contributed by atoms with van der Waals surface area (Å²) in [6.45, 7) is 0.695. The van der Waals surface area contributed by atoms with Gasteiger partial charge in [-0.3, -0.25) is 9.89 Å². The zero-order chi connectivity index (χ0) is 14.7. The third kappa shape index (κ3) is 2.63. The zero-order valence-corrected chi connectivity index (χ0v) is 11.5. The largest absolute Gasteiger partial charge is 0.328 e. The molecular weight excluding hydrogens is 266 g/mol. The van der Waals surface area contributed by atoms with Crippen LogP contribution in [0.25, 0.3) is 0 Å². The lowest BCUT2D eigenvalue weighted by Crippen LogP contribution is -2.39. The number of nitrogens with one attached hydrogen (secondary N) is 1. The smallest absolute Gasteiger partial charge is 0.254 e. The molecule has 0 spiro atoms. The summed E-state index contributed by atoms with van der Waals surface area (Å²) >= 11 is 0. The molecule has 106 valence electrons. The van der Waals surface area contributed by atoms with E-state index in [9.17, 15) is 4.79 Å². The zero-order valence-electron chi connectivity index (χ0n) is 11.5. The van der Waals surface area contributed by atoms with Crippen molar-refractivity contribution >= 4 is 5.91 Å². The van der Waals surface area contributed by atoms with Crippen LogP contribution in [0.3, 0.4) is 0 Å². The Morgan fingerprint density at radius 2 is 2.33 bits per heavy atom. The number of piperidine rings is 1. The number of carbonyl (C=O) groups is 1. The fourth-order valence-corrected chi connectivity index (χ4v) is 2.72. The van der Waals surface area contributed by atoms with Crippen molar-refractivity contribution in [1.82, 2.24) is 20.1 Å². The van der Waals surface area contributed by atoms with Crippen LogP contribution < -0.4 is 0 Å². The Kier molecular flexibility index (Phi) is 3.65. The first kappa shape index (κ1) is 13.3. The number of H-pyrrole nitrogens is 1. The first-order valence-corrected chi connectivity index (χ1v) is 6.96. The van der Waals surface area contributed by atoms with Gasteiger partial charge in [0.05, 0.1) is 17.7 Å².